The van der Waals surface area contributed by atoms with Gasteiger partial charge in [-0.05, 0) is 48.6 Å². The van der Waals surface area contributed by atoms with E-state index in [-0.39, 0.29) is 6.10 Å². The molecule has 0 bridgehead atoms. The Kier molecular flexibility index (Phi) is 5.16. The van der Waals surface area contributed by atoms with Gasteiger partial charge in [-0.3, -0.25) is 4.90 Å². The number of hydrogen-bond acceptors (Lipinski definition) is 4. The molecule has 2 aromatic rings. The largest absolute Gasteiger partial charge is 0.489 e. The molecule has 1 aromatic heterocycles. The minimum Gasteiger partial charge on any atom is -0.489 e. The van der Waals surface area contributed by atoms with Gasteiger partial charge in [0.2, 0.25) is 0 Å². The van der Waals surface area contributed by atoms with Crippen molar-refractivity contribution in [3.63, 3.8) is 0 Å². The molecule has 1 aliphatic rings. The summed E-state index contributed by atoms with van der Waals surface area (Å²) in [5.41, 5.74) is 3.71. The van der Waals surface area contributed by atoms with Gasteiger partial charge < -0.3 is 9.84 Å². The van der Waals surface area contributed by atoms with Crippen LogP contribution >= 0.6 is 11.3 Å². The molecule has 3 rings (SSSR count). The summed E-state index contributed by atoms with van der Waals surface area (Å²) in [6.07, 6.45) is 1.88. The van der Waals surface area contributed by atoms with E-state index in [1.807, 2.05) is 25.1 Å². The van der Waals surface area contributed by atoms with E-state index in [1.54, 1.807) is 11.3 Å². The average Bonchev–Trinajstić information content (AvgIpc) is 2.91. The SMILES string of the molecule is Cc1ccsc1CN(CC1=Cc2ccccc2OC1)C[C@@H](C)O. The smallest absolute Gasteiger partial charge is 0.127 e. The molecule has 0 unspecified atom stereocenters. The first-order chi connectivity index (χ1) is 11.1. The van der Waals surface area contributed by atoms with Gasteiger partial charge in [-0.1, -0.05) is 18.2 Å². The maximum absolute atomic E-state index is 9.82. The number of hydrogen-bond donors (Lipinski definition) is 1. The summed E-state index contributed by atoms with van der Waals surface area (Å²) in [5.74, 6) is 0.951. The molecule has 0 saturated heterocycles. The maximum Gasteiger partial charge on any atom is 0.127 e. The van der Waals surface area contributed by atoms with E-state index in [0.717, 1.165) is 24.4 Å². The van der Waals surface area contributed by atoms with Crippen LogP contribution in [0.4, 0.5) is 0 Å². The molecule has 0 aliphatic carbocycles. The number of ether oxygens (including phenoxy) is 1. The number of benzene rings is 1. The van der Waals surface area contributed by atoms with Gasteiger partial charge in [0.05, 0.1) is 6.10 Å². The van der Waals surface area contributed by atoms with Crippen LogP contribution in [0.1, 0.15) is 22.9 Å². The summed E-state index contributed by atoms with van der Waals surface area (Å²) < 4.78 is 5.85. The standard InChI is InChI=1S/C19H23NO2S/c1-14-7-8-23-19(14)12-20(10-15(2)21)11-16-9-17-5-3-4-6-18(17)22-13-16/h3-9,15,21H,10-13H2,1-2H3/t15-/m1/s1. The summed E-state index contributed by atoms with van der Waals surface area (Å²) in [5, 5.41) is 11.9. The fraction of sp³-hybridized carbons (Fsp3) is 0.368. The van der Waals surface area contributed by atoms with E-state index in [2.05, 4.69) is 35.4 Å². The summed E-state index contributed by atoms with van der Waals surface area (Å²) >= 11 is 1.78. The fourth-order valence-electron chi connectivity index (χ4n) is 2.87. The zero-order chi connectivity index (χ0) is 16.2. The number of aliphatic hydroxyl groups is 1. The van der Waals surface area contributed by atoms with Crippen molar-refractivity contribution in [2.45, 2.75) is 26.5 Å². The van der Waals surface area contributed by atoms with Crippen molar-refractivity contribution < 1.29 is 9.84 Å². The third kappa shape index (κ3) is 4.22. The van der Waals surface area contributed by atoms with Crippen LogP contribution in [0.3, 0.4) is 0 Å². The molecule has 0 fully saturated rings. The normalized spacial score (nSPS) is 15.0. The molecule has 2 heterocycles. The Bertz CT molecular complexity index is 690. The predicted molar refractivity (Wildman–Crippen MR) is 95.9 cm³/mol. The van der Waals surface area contributed by atoms with E-state index >= 15 is 0 Å². The van der Waals surface area contributed by atoms with Crippen molar-refractivity contribution in [3.8, 4) is 5.75 Å². The van der Waals surface area contributed by atoms with Crippen LogP contribution in [-0.2, 0) is 6.54 Å². The number of aryl methyl sites for hydroxylation is 1. The molecule has 1 atom stereocenters. The van der Waals surface area contributed by atoms with Gasteiger partial charge in [0.25, 0.3) is 0 Å². The summed E-state index contributed by atoms with van der Waals surface area (Å²) in [7, 11) is 0. The zero-order valence-corrected chi connectivity index (χ0v) is 14.5. The molecule has 4 heteroatoms. The Hall–Kier alpha value is -1.62. The van der Waals surface area contributed by atoms with Crippen LogP contribution in [0.15, 0.2) is 41.3 Å². The van der Waals surface area contributed by atoms with Gasteiger partial charge in [0, 0.05) is 30.1 Å². The molecule has 3 nitrogen and oxygen atoms in total. The molecule has 0 saturated carbocycles. The summed E-state index contributed by atoms with van der Waals surface area (Å²) in [6.45, 7) is 6.96. The number of para-hydroxylation sites is 1. The maximum atomic E-state index is 9.82. The number of nitrogens with zero attached hydrogens (tertiary/aromatic N) is 1. The Balaban J connectivity index is 1.74. The molecule has 0 amide bonds. The van der Waals surface area contributed by atoms with Crippen LogP contribution in [0, 0.1) is 6.92 Å². The molecule has 0 radical (unpaired) electrons. The van der Waals surface area contributed by atoms with Gasteiger partial charge >= 0.3 is 0 Å². The second-order valence-corrected chi connectivity index (χ2v) is 7.18. The fourth-order valence-corrected chi connectivity index (χ4v) is 3.82. The van der Waals surface area contributed by atoms with Gasteiger partial charge in [0.1, 0.15) is 12.4 Å². The second kappa shape index (κ2) is 7.30. The van der Waals surface area contributed by atoms with Crippen molar-refractivity contribution in [1.82, 2.24) is 4.90 Å². The van der Waals surface area contributed by atoms with Crippen molar-refractivity contribution >= 4 is 17.4 Å². The van der Waals surface area contributed by atoms with Gasteiger partial charge in [-0.25, -0.2) is 0 Å². The Morgan fingerprint density at radius 2 is 2.09 bits per heavy atom. The van der Waals surface area contributed by atoms with Crippen molar-refractivity contribution in [2.75, 3.05) is 19.7 Å². The number of rotatable bonds is 6. The summed E-state index contributed by atoms with van der Waals surface area (Å²) in [4.78, 5) is 3.66. The van der Waals surface area contributed by atoms with E-state index in [9.17, 15) is 5.11 Å². The quantitative estimate of drug-likeness (QED) is 0.877. The topological polar surface area (TPSA) is 32.7 Å². The number of fused-ring (bicyclic) bond motifs is 1. The number of aliphatic hydroxyl groups excluding tert-OH is 1. The highest BCUT2D eigenvalue weighted by molar-refractivity contribution is 7.10. The predicted octanol–water partition coefficient (Wildman–Crippen LogP) is 3.72. The Morgan fingerprint density at radius 1 is 1.26 bits per heavy atom. The molecule has 1 aliphatic heterocycles. The third-order valence-electron chi connectivity index (χ3n) is 3.98. The Morgan fingerprint density at radius 3 is 2.83 bits per heavy atom. The second-order valence-electron chi connectivity index (χ2n) is 6.17. The highest BCUT2D eigenvalue weighted by Gasteiger charge is 2.16. The lowest BCUT2D eigenvalue weighted by Crippen LogP contribution is -2.33. The molecule has 0 spiro atoms. The molecule has 1 N–H and O–H groups in total. The Labute approximate surface area is 141 Å². The van der Waals surface area contributed by atoms with Gasteiger partial charge in [-0.2, -0.15) is 0 Å². The lowest BCUT2D eigenvalue weighted by Gasteiger charge is -2.27. The minimum atomic E-state index is -0.340. The van der Waals surface area contributed by atoms with Crippen molar-refractivity contribution in [3.05, 3.63) is 57.3 Å². The molecule has 23 heavy (non-hydrogen) atoms. The van der Waals surface area contributed by atoms with E-state index < -0.39 is 0 Å². The monoisotopic (exact) mass is 329 g/mol. The van der Waals surface area contributed by atoms with E-state index in [0.29, 0.717) is 13.2 Å². The summed E-state index contributed by atoms with van der Waals surface area (Å²) in [6, 6.07) is 10.3. The van der Waals surface area contributed by atoms with Crippen LogP contribution in [0.25, 0.3) is 6.08 Å². The lowest BCUT2D eigenvalue weighted by molar-refractivity contribution is 0.127. The van der Waals surface area contributed by atoms with E-state index in [4.69, 9.17) is 4.74 Å². The first-order valence-electron chi connectivity index (χ1n) is 7.96. The molecule has 122 valence electrons. The zero-order valence-electron chi connectivity index (χ0n) is 13.7. The van der Waals surface area contributed by atoms with Crippen LogP contribution < -0.4 is 4.74 Å². The highest BCUT2D eigenvalue weighted by Crippen LogP contribution is 2.26. The van der Waals surface area contributed by atoms with E-state index in [1.165, 1.54) is 16.0 Å². The average molecular weight is 329 g/mol. The lowest BCUT2D eigenvalue weighted by atomic mass is 10.1. The van der Waals surface area contributed by atoms with Crippen LogP contribution in [-0.4, -0.2) is 35.8 Å². The molecular weight excluding hydrogens is 306 g/mol. The first kappa shape index (κ1) is 16.2. The van der Waals surface area contributed by atoms with Crippen molar-refractivity contribution in [2.24, 2.45) is 0 Å². The highest BCUT2D eigenvalue weighted by atomic mass is 32.1. The minimum absolute atomic E-state index is 0.340. The first-order valence-corrected chi connectivity index (χ1v) is 8.84. The molecular formula is C19H23NO2S. The third-order valence-corrected chi connectivity index (χ3v) is 4.98. The van der Waals surface area contributed by atoms with Gasteiger partial charge in [-0.15, -0.1) is 11.3 Å². The van der Waals surface area contributed by atoms with Gasteiger partial charge in [0.15, 0.2) is 0 Å². The molecule has 1 aromatic carbocycles. The van der Waals surface area contributed by atoms with Crippen molar-refractivity contribution in [1.29, 1.82) is 0 Å². The van der Waals surface area contributed by atoms with Crippen LogP contribution in [0.2, 0.25) is 0 Å². The van der Waals surface area contributed by atoms with Crippen LogP contribution in [0.5, 0.6) is 5.75 Å². The number of thiophene rings is 1.